The molecule has 0 aliphatic carbocycles. The monoisotopic (exact) mass is 747 g/mol. The molecule has 0 N–H and O–H groups in total. The maximum Gasteiger partial charge on any atom is 0.297 e. The smallest absolute Gasteiger partial charge is 0.297 e. The predicted octanol–water partition coefficient (Wildman–Crippen LogP) is 14.2. The minimum Gasteiger partial charge on any atom is -0.379 e. The van der Waals surface area contributed by atoms with E-state index >= 15 is 0 Å². The van der Waals surface area contributed by atoms with Crippen LogP contribution < -0.4 is 0 Å². The third-order valence-corrected chi connectivity index (χ3v) is 11.2. The molecule has 0 unspecified atom stereocenters. The van der Waals surface area contributed by atoms with E-state index in [1.54, 1.807) is 24.3 Å². The minimum atomic E-state index is -3.89. The van der Waals surface area contributed by atoms with Crippen LogP contribution in [0.5, 0.6) is 0 Å². The summed E-state index contributed by atoms with van der Waals surface area (Å²) in [7, 11) is -3.89. The summed E-state index contributed by atoms with van der Waals surface area (Å²) in [6.07, 6.45) is 44.4. The third kappa shape index (κ3) is 30.9. The van der Waals surface area contributed by atoms with E-state index in [2.05, 4.69) is 38.2 Å². The van der Waals surface area contributed by atoms with E-state index in [0.717, 1.165) is 31.2 Å². The largest absolute Gasteiger partial charge is 0.379 e. The first-order valence-electron chi connectivity index (χ1n) is 21.9. The molecule has 0 amide bonds. The van der Waals surface area contributed by atoms with Gasteiger partial charge in [0.05, 0.1) is 18.1 Å². The molecule has 1 aromatic carbocycles. The molecular formula is C46H82O5S. The van der Waals surface area contributed by atoms with Crippen LogP contribution in [0.15, 0.2) is 53.5 Å². The van der Waals surface area contributed by atoms with Crippen LogP contribution in [0.25, 0.3) is 0 Å². The Morgan fingerprint density at radius 2 is 0.808 bits per heavy atom. The topological polar surface area (TPSA) is 61.8 Å². The molecule has 0 fully saturated rings. The van der Waals surface area contributed by atoms with Crippen molar-refractivity contribution in [2.24, 2.45) is 0 Å². The number of unbranched alkanes of at least 4 members (excludes halogenated alkanes) is 24. The van der Waals surface area contributed by atoms with Gasteiger partial charge in [0.2, 0.25) is 0 Å². The number of hydrogen-bond donors (Lipinski definition) is 0. The van der Waals surface area contributed by atoms with Gasteiger partial charge in [-0.1, -0.05) is 171 Å². The molecule has 0 aromatic heterocycles. The Balaban J connectivity index is 2.18. The fraction of sp³-hybridized carbons (Fsp3) is 0.783. The van der Waals surface area contributed by atoms with E-state index in [1.165, 1.54) is 154 Å². The van der Waals surface area contributed by atoms with Gasteiger partial charge in [0.25, 0.3) is 10.1 Å². The Morgan fingerprint density at radius 3 is 1.17 bits per heavy atom. The molecule has 0 saturated carbocycles. The maximum absolute atomic E-state index is 13.0. The molecule has 6 heteroatoms. The zero-order chi connectivity index (χ0) is 37.6. The normalized spacial score (nSPS) is 12.3. The predicted molar refractivity (Wildman–Crippen MR) is 224 cm³/mol. The van der Waals surface area contributed by atoms with Crippen LogP contribution in [0.3, 0.4) is 0 Å². The van der Waals surface area contributed by atoms with Crippen molar-refractivity contribution in [2.75, 3.05) is 26.4 Å². The summed E-state index contributed by atoms with van der Waals surface area (Å²) < 4.78 is 43.5. The quantitative estimate of drug-likeness (QED) is 0.0381. The second kappa shape index (κ2) is 36.5. The van der Waals surface area contributed by atoms with Gasteiger partial charge in [-0.3, -0.25) is 4.18 Å². The van der Waals surface area contributed by atoms with E-state index < -0.39 is 16.2 Å². The average Bonchev–Trinajstić information content (AvgIpc) is 3.13. The van der Waals surface area contributed by atoms with Crippen LogP contribution in [0.4, 0.5) is 0 Å². The van der Waals surface area contributed by atoms with Gasteiger partial charge in [-0.05, 0) is 83.3 Å². The molecule has 0 saturated heterocycles. The molecule has 0 radical (unpaired) electrons. The van der Waals surface area contributed by atoms with Crippen molar-refractivity contribution in [2.45, 2.75) is 212 Å². The Hall–Kier alpha value is -1.47. The molecule has 0 bridgehead atoms. The molecule has 0 spiro atoms. The zero-order valence-electron chi connectivity index (χ0n) is 34.3. The van der Waals surface area contributed by atoms with E-state index in [0.29, 0.717) is 13.2 Å². The third-order valence-electron chi connectivity index (χ3n) is 9.78. The average molecular weight is 747 g/mol. The molecular weight excluding hydrogens is 665 g/mol. The molecule has 0 heterocycles. The van der Waals surface area contributed by atoms with Gasteiger partial charge in [0.1, 0.15) is 6.10 Å². The Labute approximate surface area is 323 Å². The maximum atomic E-state index is 13.0. The molecule has 1 rings (SSSR count). The zero-order valence-corrected chi connectivity index (χ0v) is 35.1. The summed E-state index contributed by atoms with van der Waals surface area (Å²) in [4.78, 5) is 0.171. The summed E-state index contributed by atoms with van der Waals surface area (Å²) in [5, 5.41) is 0. The Morgan fingerprint density at radius 1 is 0.481 bits per heavy atom. The van der Waals surface area contributed by atoms with Gasteiger partial charge in [0.15, 0.2) is 0 Å². The van der Waals surface area contributed by atoms with E-state index in [4.69, 9.17) is 13.7 Å². The highest BCUT2D eigenvalue weighted by Crippen LogP contribution is 2.17. The van der Waals surface area contributed by atoms with Gasteiger partial charge in [-0.15, -0.1) is 0 Å². The summed E-state index contributed by atoms with van der Waals surface area (Å²) >= 11 is 0. The summed E-state index contributed by atoms with van der Waals surface area (Å²) in [6.45, 7) is 8.13. The SMILES string of the molecule is CCCCCCCC/C=C\CCCCCCCCOCC(COCCCCCCCC/C=C\CCCCCCCC)OS(=O)(=O)c1ccc(C)cc1. The van der Waals surface area contributed by atoms with Crippen molar-refractivity contribution in [1.29, 1.82) is 0 Å². The van der Waals surface area contributed by atoms with Crippen LogP contribution in [0.2, 0.25) is 0 Å². The molecule has 5 nitrogen and oxygen atoms in total. The summed E-state index contributed by atoms with van der Waals surface area (Å²) in [5.41, 5.74) is 1.01. The number of hydrogen-bond acceptors (Lipinski definition) is 5. The minimum absolute atomic E-state index is 0.171. The Kier molecular flexibility index (Phi) is 34.1. The van der Waals surface area contributed by atoms with Crippen molar-refractivity contribution in [1.82, 2.24) is 0 Å². The number of benzene rings is 1. The van der Waals surface area contributed by atoms with Crippen molar-refractivity contribution in [3.8, 4) is 0 Å². The van der Waals surface area contributed by atoms with Crippen molar-refractivity contribution >= 4 is 10.1 Å². The van der Waals surface area contributed by atoms with Crippen molar-refractivity contribution in [3.05, 3.63) is 54.1 Å². The highest BCUT2D eigenvalue weighted by molar-refractivity contribution is 7.86. The van der Waals surface area contributed by atoms with Crippen LogP contribution in [0.1, 0.15) is 199 Å². The van der Waals surface area contributed by atoms with Gasteiger partial charge in [-0.25, -0.2) is 0 Å². The molecule has 0 atom stereocenters. The van der Waals surface area contributed by atoms with Crippen LogP contribution >= 0.6 is 0 Å². The first kappa shape index (κ1) is 48.5. The van der Waals surface area contributed by atoms with Gasteiger partial charge in [0, 0.05) is 13.2 Å². The molecule has 0 aliphatic heterocycles. The van der Waals surface area contributed by atoms with Crippen molar-refractivity contribution < 1.29 is 22.1 Å². The van der Waals surface area contributed by atoms with E-state index in [9.17, 15) is 8.42 Å². The lowest BCUT2D eigenvalue weighted by atomic mass is 10.1. The van der Waals surface area contributed by atoms with E-state index in [-0.39, 0.29) is 18.1 Å². The summed E-state index contributed by atoms with van der Waals surface area (Å²) in [5.74, 6) is 0. The summed E-state index contributed by atoms with van der Waals surface area (Å²) in [6, 6.07) is 6.78. The van der Waals surface area contributed by atoms with Crippen LogP contribution in [-0.2, 0) is 23.8 Å². The number of rotatable bonds is 39. The molecule has 0 aliphatic rings. The van der Waals surface area contributed by atoms with Gasteiger partial charge >= 0.3 is 0 Å². The lowest BCUT2D eigenvalue weighted by molar-refractivity contribution is -0.00508. The first-order chi connectivity index (χ1) is 25.5. The fourth-order valence-corrected chi connectivity index (χ4v) is 7.43. The van der Waals surface area contributed by atoms with E-state index in [1.807, 2.05) is 6.92 Å². The Bertz CT molecular complexity index is 1000. The molecule has 1 aromatic rings. The lowest BCUT2D eigenvalue weighted by Gasteiger charge is -2.18. The first-order valence-corrected chi connectivity index (χ1v) is 23.4. The highest BCUT2D eigenvalue weighted by Gasteiger charge is 2.22. The van der Waals surface area contributed by atoms with Crippen molar-refractivity contribution in [3.63, 3.8) is 0 Å². The number of aryl methyl sites for hydroxylation is 1. The van der Waals surface area contributed by atoms with Gasteiger partial charge < -0.3 is 9.47 Å². The lowest BCUT2D eigenvalue weighted by Crippen LogP contribution is -2.29. The highest BCUT2D eigenvalue weighted by atomic mass is 32.2. The number of allylic oxidation sites excluding steroid dienone is 4. The van der Waals surface area contributed by atoms with Crippen LogP contribution in [0, 0.1) is 6.92 Å². The fourth-order valence-electron chi connectivity index (χ4n) is 6.38. The number of ether oxygens (including phenoxy) is 2. The molecule has 52 heavy (non-hydrogen) atoms. The van der Waals surface area contributed by atoms with Gasteiger partial charge in [-0.2, -0.15) is 8.42 Å². The van der Waals surface area contributed by atoms with Crippen LogP contribution in [-0.4, -0.2) is 40.9 Å². The second-order valence-corrected chi connectivity index (χ2v) is 16.6. The molecule has 302 valence electrons. The second-order valence-electron chi connectivity index (χ2n) is 15.0. The standard InChI is InChI=1S/C46H82O5S/c1-4-6-8-10-12-14-16-18-20-22-24-26-28-30-32-34-40-49-42-45(51-52(47,48)46-38-36-44(3)37-39-46)43-50-41-35-33-31-29-27-25-23-21-19-17-15-13-11-9-7-5-2/h18-21,36-39,45H,4-17,22-35,40-43H2,1-3H3/b20-18-,21-19-.